The summed E-state index contributed by atoms with van der Waals surface area (Å²) in [4.78, 5) is 25.4. The van der Waals surface area contributed by atoms with Crippen molar-refractivity contribution in [1.82, 2.24) is 20.2 Å². The molecule has 126 valence electrons. The number of carbonyl (C=O) groups is 1. The van der Waals surface area contributed by atoms with Gasteiger partial charge >= 0.3 is 0 Å². The maximum Gasteiger partial charge on any atom is 0.232 e. The van der Waals surface area contributed by atoms with Gasteiger partial charge in [-0.05, 0) is 41.9 Å². The van der Waals surface area contributed by atoms with E-state index in [9.17, 15) is 4.79 Å². The first-order valence-electron chi connectivity index (χ1n) is 8.00. The van der Waals surface area contributed by atoms with Crippen LogP contribution in [0.15, 0.2) is 10.7 Å². The lowest BCUT2D eigenvalue weighted by Gasteiger charge is -2.37. The van der Waals surface area contributed by atoms with E-state index in [0.29, 0.717) is 17.7 Å². The second kappa shape index (κ2) is 7.44. The second-order valence-electron chi connectivity index (χ2n) is 5.86. The number of amides is 1. The molecule has 7 nitrogen and oxygen atoms in total. The summed E-state index contributed by atoms with van der Waals surface area (Å²) in [5.41, 5.74) is 0. The number of halogens is 1. The molecule has 2 fully saturated rings. The lowest BCUT2D eigenvalue weighted by atomic mass is 9.96. The Kier molecular flexibility index (Phi) is 5.32. The van der Waals surface area contributed by atoms with Crippen LogP contribution in [-0.2, 0) is 4.79 Å². The van der Waals surface area contributed by atoms with E-state index in [1.807, 2.05) is 4.90 Å². The zero-order valence-electron chi connectivity index (χ0n) is 13.3. The highest BCUT2D eigenvalue weighted by molar-refractivity contribution is 9.10. The van der Waals surface area contributed by atoms with E-state index in [-0.39, 0.29) is 5.92 Å². The number of hydrogen-bond acceptors (Lipinski definition) is 6. The van der Waals surface area contributed by atoms with Crippen LogP contribution in [0.3, 0.4) is 0 Å². The quantitative estimate of drug-likeness (QED) is 0.835. The van der Waals surface area contributed by atoms with E-state index in [1.165, 1.54) is 0 Å². The number of piperidine rings is 1. The lowest BCUT2D eigenvalue weighted by molar-refractivity contribution is -0.136. The first-order valence-corrected chi connectivity index (χ1v) is 8.79. The molecule has 2 aliphatic rings. The predicted molar refractivity (Wildman–Crippen MR) is 90.7 cm³/mol. The Hall–Kier alpha value is -1.41. The van der Waals surface area contributed by atoms with E-state index in [1.54, 1.807) is 13.3 Å². The minimum absolute atomic E-state index is 0.187. The summed E-state index contributed by atoms with van der Waals surface area (Å²) in [5, 5.41) is 3.31. The molecule has 1 amide bonds. The van der Waals surface area contributed by atoms with Gasteiger partial charge in [0.05, 0.1) is 17.8 Å². The Balaban J connectivity index is 1.58. The molecule has 0 unspecified atom stereocenters. The number of methoxy groups -OCH3 is 1. The SMILES string of the molecule is COc1nc(N2CCN(C(=O)C3CCNCC3)CC2)ncc1Br. The van der Waals surface area contributed by atoms with Gasteiger partial charge in [-0.1, -0.05) is 0 Å². The second-order valence-corrected chi connectivity index (χ2v) is 6.72. The maximum absolute atomic E-state index is 12.6. The molecule has 3 rings (SSSR count). The number of ether oxygens (including phenoxy) is 1. The van der Waals surface area contributed by atoms with Gasteiger partial charge in [0.1, 0.15) is 0 Å². The summed E-state index contributed by atoms with van der Waals surface area (Å²) in [6.07, 6.45) is 3.60. The number of piperazine rings is 1. The molecule has 0 spiro atoms. The normalized spacial score (nSPS) is 19.7. The molecule has 8 heteroatoms. The highest BCUT2D eigenvalue weighted by atomic mass is 79.9. The van der Waals surface area contributed by atoms with Gasteiger partial charge in [-0.3, -0.25) is 4.79 Å². The largest absolute Gasteiger partial charge is 0.480 e. The third-order valence-corrected chi connectivity index (χ3v) is 5.00. The van der Waals surface area contributed by atoms with Gasteiger partial charge in [0.2, 0.25) is 17.7 Å². The molecule has 1 aromatic heterocycles. The van der Waals surface area contributed by atoms with Crippen molar-refractivity contribution in [2.24, 2.45) is 5.92 Å². The summed E-state index contributed by atoms with van der Waals surface area (Å²) in [6, 6.07) is 0. The van der Waals surface area contributed by atoms with Gasteiger partial charge < -0.3 is 19.9 Å². The van der Waals surface area contributed by atoms with Crippen LogP contribution < -0.4 is 15.0 Å². The van der Waals surface area contributed by atoms with Crippen molar-refractivity contribution in [1.29, 1.82) is 0 Å². The predicted octanol–water partition coefficient (Wildman–Crippen LogP) is 0.896. The van der Waals surface area contributed by atoms with Gasteiger partial charge in [0.25, 0.3) is 0 Å². The van der Waals surface area contributed by atoms with E-state index in [4.69, 9.17) is 4.74 Å². The number of anilines is 1. The Morgan fingerprint density at radius 3 is 2.65 bits per heavy atom. The molecule has 0 aliphatic carbocycles. The Bertz CT molecular complexity index is 557. The van der Waals surface area contributed by atoms with Crippen LogP contribution in [0.4, 0.5) is 5.95 Å². The van der Waals surface area contributed by atoms with Crippen LogP contribution in [0, 0.1) is 5.92 Å². The minimum Gasteiger partial charge on any atom is -0.480 e. The van der Waals surface area contributed by atoms with Crippen LogP contribution in [0.2, 0.25) is 0 Å². The molecule has 0 saturated carbocycles. The molecule has 0 bridgehead atoms. The zero-order valence-corrected chi connectivity index (χ0v) is 14.9. The molecule has 0 radical (unpaired) electrons. The van der Waals surface area contributed by atoms with Gasteiger partial charge in [-0.25, -0.2) is 4.98 Å². The summed E-state index contributed by atoms with van der Waals surface area (Å²) in [7, 11) is 1.59. The molecule has 0 atom stereocenters. The number of nitrogens with zero attached hydrogens (tertiary/aromatic N) is 4. The summed E-state index contributed by atoms with van der Waals surface area (Å²) < 4.78 is 5.96. The monoisotopic (exact) mass is 383 g/mol. The molecule has 3 heterocycles. The fourth-order valence-electron chi connectivity index (χ4n) is 3.09. The van der Waals surface area contributed by atoms with Crippen molar-refractivity contribution >= 4 is 27.8 Å². The first kappa shape index (κ1) is 16.4. The number of nitrogens with one attached hydrogen (secondary N) is 1. The molecular weight excluding hydrogens is 362 g/mol. The fraction of sp³-hybridized carbons (Fsp3) is 0.667. The van der Waals surface area contributed by atoms with Gasteiger partial charge in [0, 0.05) is 32.1 Å². The first-order chi connectivity index (χ1) is 11.2. The lowest BCUT2D eigenvalue weighted by Crippen LogP contribution is -2.51. The van der Waals surface area contributed by atoms with Crippen molar-refractivity contribution in [3.63, 3.8) is 0 Å². The number of rotatable bonds is 3. The van der Waals surface area contributed by atoms with E-state index in [2.05, 4.69) is 36.1 Å². The summed E-state index contributed by atoms with van der Waals surface area (Å²) in [6.45, 7) is 4.85. The van der Waals surface area contributed by atoms with Crippen LogP contribution in [0.1, 0.15) is 12.8 Å². The number of carbonyl (C=O) groups excluding carboxylic acids is 1. The van der Waals surface area contributed by atoms with Crippen LogP contribution in [0.25, 0.3) is 0 Å². The Morgan fingerprint density at radius 2 is 2.00 bits per heavy atom. The van der Waals surface area contributed by atoms with E-state index in [0.717, 1.165) is 56.6 Å². The molecule has 2 aliphatic heterocycles. The fourth-order valence-corrected chi connectivity index (χ4v) is 3.45. The Morgan fingerprint density at radius 1 is 1.30 bits per heavy atom. The summed E-state index contributed by atoms with van der Waals surface area (Å²) in [5.74, 6) is 1.68. The average Bonchev–Trinajstić information content (AvgIpc) is 2.62. The van der Waals surface area contributed by atoms with Gasteiger partial charge in [-0.2, -0.15) is 4.98 Å². The highest BCUT2D eigenvalue weighted by Gasteiger charge is 2.29. The maximum atomic E-state index is 12.6. The van der Waals surface area contributed by atoms with Gasteiger partial charge in [0.15, 0.2) is 0 Å². The molecular formula is C15H22BrN5O2. The molecule has 2 saturated heterocycles. The highest BCUT2D eigenvalue weighted by Crippen LogP contribution is 2.24. The van der Waals surface area contributed by atoms with Crippen LogP contribution in [-0.4, -0.2) is 67.2 Å². The van der Waals surface area contributed by atoms with E-state index < -0.39 is 0 Å². The molecule has 23 heavy (non-hydrogen) atoms. The topological polar surface area (TPSA) is 70.6 Å². The van der Waals surface area contributed by atoms with Gasteiger partial charge in [-0.15, -0.1) is 0 Å². The molecule has 0 aromatic carbocycles. The molecule has 1 aromatic rings. The average molecular weight is 384 g/mol. The van der Waals surface area contributed by atoms with Crippen LogP contribution >= 0.6 is 15.9 Å². The smallest absolute Gasteiger partial charge is 0.232 e. The van der Waals surface area contributed by atoms with E-state index >= 15 is 0 Å². The van der Waals surface area contributed by atoms with Crippen molar-refractivity contribution < 1.29 is 9.53 Å². The number of hydrogen-bond donors (Lipinski definition) is 1. The van der Waals surface area contributed by atoms with Crippen molar-refractivity contribution in [3.8, 4) is 5.88 Å². The zero-order chi connectivity index (χ0) is 16.2. The van der Waals surface area contributed by atoms with Crippen molar-refractivity contribution in [2.75, 3.05) is 51.3 Å². The third kappa shape index (κ3) is 3.74. The van der Waals surface area contributed by atoms with Crippen LogP contribution in [0.5, 0.6) is 5.88 Å². The Labute approximate surface area is 144 Å². The number of aromatic nitrogens is 2. The summed E-state index contributed by atoms with van der Waals surface area (Å²) >= 11 is 3.36. The molecule has 1 N–H and O–H groups in total. The standard InChI is InChI=1S/C15H22BrN5O2/c1-23-13-12(16)10-18-15(19-13)21-8-6-20(7-9-21)14(22)11-2-4-17-5-3-11/h10-11,17H,2-9H2,1H3. The van der Waals surface area contributed by atoms with Crippen molar-refractivity contribution in [2.45, 2.75) is 12.8 Å². The third-order valence-electron chi connectivity index (χ3n) is 4.46. The minimum atomic E-state index is 0.187. The van der Waals surface area contributed by atoms with Crippen molar-refractivity contribution in [3.05, 3.63) is 10.7 Å².